The van der Waals surface area contributed by atoms with E-state index in [1.807, 2.05) is 0 Å². The standard InChI is InChI=1S/C19H21FN4O5S/c1-3-23-16-5-4-14(30(27,28)22-19(11-20)6-7-19)9-15(16)17(25)24(18(23)26)10-13-8-12(2)29-21-13/h4-5,8-9,22H,3,6-7,10-11H2,1-2H3. The van der Waals surface area contributed by atoms with E-state index in [0.717, 1.165) is 4.57 Å². The maximum Gasteiger partial charge on any atom is 0.331 e. The lowest BCUT2D eigenvalue weighted by molar-refractivity contribution is 0.388. The summed E-state index contributed by atoms with van der Waals surface area (Å²) in [5, 5.41) is 3.89. The van der Waals surface area contributed by atoms with Gasteiger partial charge in [-0.3, -0.25) is 13.9 Å². The molecule has 1 aliphatic rings. The third kappa shape index (κ3) is 3.47. The first-order valence-corrected chi connectivity index (χ1v) is 11.0. The molecule has 1 saturated carbocycles. The molecule has 2 heterocycles. The first-order chi connectivity index (χ1) is 14.2. The molecule has 30 heavy (non-hydrogen) atoms. The molecular weight excluding hydrogens is 415 g/mol. The molecule has 11 heteroatoms. The molecule has 1 aromatic carbocycles. The molecule has 1 N–H and O–H groups in total. The van der Waals surface area contributed by atoms with Gasteiger partial charge in [0.05, 0.1) is 27.9 Å². The van der Waals surface area contributed by atoms with Crippen LogP contribution >= 0.6 is 0 Å². The van der Waals surface area contributed by atoms with Gasteiger partial charge in [0.1, 0.15) is 18.1 Å². The minimum atomic E-state index is -4.03. The predicted octanol–water partition coefficient (Wildman–Crippen LogP) is 1.31. The molecule has 2 aromatic heterocycles. The molecule has 0 bridgehead atoms. The van der Waals surface area contributed by atoms with Gasteiger partial charge in [0.15, 0.2) is 0 Å². The summed E-state index contributed by atoms with van der Waals surface area (Å²) < 4.78 is 48.4. The number of hydrogen-bond acceptors (Lipinski definition) is 6. The van der Waals surface area contributed by atoms with E-state index in [2.05, 4.69) is 9.88 Å². The van der Waals surface area contributed by atoms with E-state index < -0.39 is 33.5 Å². The third-order valence-corrected chi connectivity index (χ3v) is 6.86. The van der Waals surface area contributed by atoms with Gasteiger partial charge in [0.2, 0.25) is 10.0 Å². The van der Waals surface area contributed by atoms with Crippen molar-refractivity contribution in [2.24, 2.45) is 0 Å². The first kappa shape index (κ1) is 20.5. The van der Waals surface area contributed by atoms with Gasteiger partial charge in [-0.1, -0.05) is 5.16 Å². The lowest BCUT2D eigenvalue weighted by atomic mass is 10.2. The van der Waals surface area contributed by atoms with E-state index in [9.17, 15) is 22.4 Å². The molecule has 0 aliphatic heterocycles. The Morgan fingerprint density at radius 3 is 2.53 bits per heavy atom. The summed E-state index contributed by atoms with van der Waals surface area (Å²) in [6.07, 6.45) is 0.852. The Balaban J connectivity index is 1.86. The van der Waals surface area contributed by atoms with E-state index in [0.29, 0.717) is 29.8 Å². The van der Waals surface area contributed by atoms with Crippen molar-refractivity contribution < 1.29 is 17.3 Å². The number of halogens is 1. The average molecular weight is 436 g/mol. The zero-order chi connectivity index (χ0) is 21.7. The Morgan fingerprint density at radius 2 is 1.97 bits per heavy atom. The number of benzene rings is 1. The van der Waals surface area contributed by atoms with Crippen LogP contribution in [0.4, 0.5) is 4.39 Å². The van der Waals surface area contributed by atoms with Gasteiger partial charge < -0.3 is 4.52 Å². The number of alkyl halides is 1. The molecule has 0 unspecified atom stereocenters. The number of hydrogen-bond donors (Lipinski definition) is 1. The second kappa shape index (κ2) is 7.17. The number of aromatic nitrogens is 3. The predicted molar refractivity (Wildman–Crippen MR) is 107 cm³/mol. The van der Waals surface area contributed by atoms with Crippen molar-refractivity contribution in [2.45, 2.75) is 50.2 Å². The van der Waals surface area contributed by atoms with Crippen molar-refractivity contribution in [2.75, 3.05) is 6.67 Å². The highest BCUT2D eigenvalue weighted by Gasteiger charge is 2.46. The van der Waals surface area contributed by atoms with E-state index in [-0.39, 0.29) is 23.4 Å². The molecule has 0 saturated heterocycles. The zero-order valence-electron chi connectivity index (χ0n) is 16.5. The fourth-order valence-electron chi connectivity index (χ4n) is 3.43. The Bertz CT molecular complexity index is 1350. The lowest BCUT2D eigenvalue weighted by Gasteiger charge is -2.15. The number of nitrogens with zero attached hydrogens (tertiary/aromatic N) is 3. The van der Waals surface area contributed by atoms with Crippen LogP contribution in [0.25, 0.3) is 10.9 Å². The number of sulfonamides is 1. The number of fused-ring (bicyclic) bond motifs is 1. The third-order valence-electron chi connectivity index (χ3n) is 5.28. The molecule has 0 amide bonds. The van der Waals surface area contributed by atoms with E-state index >= 15 is 0 Å². The van der Waals surface area contributed by atoms with E-state index in [1.54, 1.807) is 19.9 Å². The molecule has 1 fully saturated rings. The van der Waals surface area contributed by atoms with Crippen LogP contribution in [0.1, 0.15) is 31.2 Å². The topological polar surface area (TPSA) is 116 Å². The zero-order valence-corrected chi connectivity index (χ0v) is 17.3. The Morgan fingerprint density at radius 1 is 1.23 bits per heavy atom. The van der Waals surface area contributed by atoms with Gasteiger partial charge in [-0.2, -0.15) is 0 Å². The second-order valence-electron chi connectivity index (χ2n) is 7.55. The second-order valence-corrected chi connectivity index (χ2v) is 9.23. The first-order valence-electron chi connectivity index (χ1n) is 9.49. The molecule has 0 radical (unpaired) electrons. The van der Waals surface area contributed by atoms with Gasteiger partial charge in [-0.25, -0.2) is 22.3 Å². The van der Waals surface area contributed by atoms with Crippen LogP contribution in [0.3, 0.4) is 0 Å². The largest absolute Gasteiger partial charge is 0.361 e. The Hall–Kier alpha value is -2.79. The molecule has 0 spiro atoms. The van der Waals surface area contributed by atoms with Gasteiger partial charge in [-0.15, -0.1) is 0 Å². The monoisotopic (exact) mass is 436 g/mol. The van der Waals surface area contributed by atoms with E-state index in [1.165, 1.54) is 22.8 Å². The molecule has 3 aromatic rings. The SMILES string of the molecule is CCn1c(=O)n(Cc2cc(C)on2)c(=O)c2cc(S(=O)(=O)NC3(CF)CC3)ccc21. The fraction of sp³-hybridized carbons (Fsp3) is 0.421. The molecule has 160 valence electrons. The fourth-order valence-corrected chi connectivity index (χ4v) is 4.89. The summed E-state index contributed by atoms with van der Waals surface area (Å²) in [6.45, 7) is 2.82. The van der Waals surface area contributed by atoms with Crippen LogP contribution in [0.5, 0.6) is 0 Å². The van der Waals surface area contributed by atoms with Crippen LogP contribution in [0, 0.1) is 6.92 Å². The number of nitrogens with one attached hydrogen (secondary N) is 1. The summed E-state index contributed by atoms with van der Waals surface area (Å²) in [5.74, 6) is 0.538. The summed E-state index contributed by atoms with van der Waals surface area (Å²) in [6, 6.07) is 5.58. The Kier molecular flexibility index (Phi) is 4.89. The maximum atomic E-state index is 13.2. The minimum Gasteiger partial charge on any atom is -0.361 e. The van der Waals surface area contributed by atoms with Gasteiger partial charge in [-0.05, 0) is 44.9 Å². The van der Waals surface area contributed by atoms with Crippen molar-refractivity contribution in [1.29, 1.82) is 0 Å². The highest BCUT2D eigenvalue weighted by Crippen LogP contribution is 2.37. The molecule has 9 nitrogen and oxygen atoms in total. The van der Waals surface area contributed by atoms with Gasteiger partial charge in [0.25, 0.3) is 5.56 Å². The maximum absolute atomic E-state index is 13.2. The van der Waals surface area contributed by atoms with Crippen molar-refractivity contribution in [3.8, 4) is 0 Å². The van der Waals surface area contributed by atoms with Crippen molar-refractivity contribution in [1.82, 2.24) is 19.0 Å². The van der Waals surface area contributed by atoms with Crippen molar-refractivity contribution in [3.63, 3.8) is 0 Å². The normalized spacial score (nSPS) is 15.6. The smallest absolute Gasteiger partial charge is 0.331 e. The van der Waals surface area contributed by atoms with Crippen LogP contribution in [0.2, 0.25) is 0 Å². The van der Waals surface area contributed by atoms with Crippen molar-refractivity contribution in [3.05, 3.63) is 56.6 Å². The number of rotatable bonds is 7. The lowest BCUT2D eigenvalue weighted by Crippen LogP contribution is -2.41. The minimum absolute atomic E-state index is 0.0737. The van der Waals surface area contributed by atoms with Crippen molar-refractivity contribution >= 4 is 20.9 Å². The summed E-state index contributed by atoms with van der Waals surface area (Å²) in [5.41, 5.74) is -1.49. The van der Waals surface area contributed by atoms with Crippen LogP contribution in [-0.4, -0.2) is 34.9 Å². The molecule has 1 aliphatic carbocycles. The van der Waals surface area contributed by atoms with Crippen LogP contribution in [0.15, 0.2) is 43.3 Å². The quantitative estimate of drug-likeness (QED) is 0.597. The summed E-state index contributed by atoms with van der Waals surface area (Å²) in [7, 11) is -4.03. The summed E-state index contributed by atoms with van der Waals surface area (Å²) in [4.78, 5) is 25.8. The van der Waals surface area contributed by atoms with Gasteiger partial charge >= 0.3 is 5.69 Å². The summed E-state index contributed by atoms with van der Waals surface area (Å²) >= 11 is 0. The van der Waals surface area contributed by atoms with Crippen LogP contribution in [-0.2, 0) is 23.1 Å². The highest BCUT2D eigenvalue weighted by atomic mass is 32.2. The van der Waals surface area contributed by atoms with Crippen LogP contribution < -0.4 is 16.0 Å². The highest BCUT2D eigenvalue weighted by molar-refractivity contribution is 7.89. The Labute approximate surface area is 171 Å². The molecule has 4 rings (SSSR count). The van der Waals surface area contributed by atoms with Gasteiger partial charge in [0, 0.05) is 12.6 Å². The molecular formula is C19H21FN4O5S. The van der Waals surface area contributed by atoms with E-state index in [4.69, 9.17) is 4.52 Å². The molecule has 0 atom stereocenters. The average Bonchev–Trinajstić information content (AvgIpc) is 3.36. The number of aryl methyl sites for hydroxylation is 2.